The van der Waals surface area contributed by atoms with E-state index in [1.165, 1.54) is 17.3 Å². The first kappa shape index (κ1) is 23.4. The molecule has 1 N–H and O–H groups in total. The van der Waals surface area contributed by atoms with Crippen molar-refractivity contribution < 1.29 is 22.7 Å². The number of nitriles is 1. The van der Waals surface area contributed by atoms with Gasteiger partial charge in [-0.05, 0) is 57.0 Å². The topological polar surface area (TPSA) is 117 Å². The van der Waals surface area contributed by atoms with Crippen molar-refractivity contribution in [3.8, 4) is 6.07 Å². The average molecular weight is 456 g/mol. The first-order valence-corrected chi connectivity index (χ1v) is 11.7. The number of piperidine rings is 1. The number of carbonyl (C=O) groups excluding carboxylic acids is 2. The molecule has 168 valence electrons. The predicted octanol–water partition coefficient (Wildman–Crippen LogP) is 2.84. The van der Waals surface area contributed by atoms with Crippen LogP contribution in [0.5, 0.6) is 0 Å². The van der Waals surface area contributed by atoms with Gasteiger partial charge in [-0.15, -0.1) is 0 Å². The molecule has 0 aromatic heterocycles. The lowest BCUT2D eigenvalue weighted by Crippen LogP contribution is -2.41. The average Bonchev–Trinajstić information content (AvgIpc) is 2.79. The van der Waals surface area contributed by atoms with E-state index in [9.17, 15) is 18.0 Å². The maximum Gasteiger partial charge on any atom is 0.309 e. The largest absolute Gasteiger partial charge is 0.452 e. The normalized spacial score (nSPS) is 16.0. The van der Waals surface area contributed by atoms with E-state index >= 15 is 0 Å². The molecule has 32 heavy (non-hydrogen) atoms. The Balaban J connectivity index is 1.53. The molecular formula is C23H25N3O5S. The molecule has 1 heterocycles. The molecule has 1 aliphatic rings. The fraction of sp³-hybridized carbons (Fsp3) is 0.348. The zero-order valence-electron chi connectivity index (χ0n) is 17.9. The minimum absolute atomic E-state index is 0.206. The second-order valence-corrected chi connectivity index (χ2v) is 9.69. The van der Waals surface area contributed by atoms with Crippen LogP contribution in [0, 0.1) is 24.2 Å². The van der Waals surface area contributed by atoms with Crippen molar-refractivity contribution in [2.75, 3.05) is 18.4 Å². The number of benzene rings is 2. The number of esters is 1. The van der Waals surface area contributed by atoms with Crippen molar-refractivity contribution in [2.24, 2.45) is 5.92 Å². The maximum absolute atomic E-state index is 12.8. The van der Waals surface area contributed by atoms with Crippen LogP contribution < -0.4 is 5.32 Å². The van der Waals surface area contributed by atoms with Gasteiger partial charge in [0.25, 0.3) is 5.91 Å². The highest BCUT2D eigenvalue weighted by molar-refractivity contribution is 7.89. The summed E-state index contributed by atoms with van der Waals surface area (Å²) < 4.78 is 32.3. The van der Waals surface area contributed by atoms with Gasteiger partial charge >= 0.3 is 5.97 Å². The van der Waals surface area contributed by atoms with Crippen LogP contribution in [0.25, 0.3) is 0 Å². The number of carbonyl (C=O) groups is 2. The van der Waals surface area contributed by atoms with Gasteiger partial charge in [0.2, 0.25) is 10.0 Å². The third-order valence-electron chi connectivity index (χ3n) is 5.37. The van der Waals surface area contributed by atoms with Crippen molar-refractivity contribution in [1.29, 1.82) is 5.26 Å². The van der Waals surface area contributed by atoms with Crippen LogP contribution in [-0.2, 0) is 24.3 Å². The molecule has 1 saturated heterocycles. The van der Waals surface area contributed by atoms with Crippen molar-refractivity contribution >= 4 is 27.6 Å². The molecule has 2 aromatic carbocycles. The van der Waals surface area contributed by atoms with Gasteiger partial charge in [0.05, 0.1) is 22.4 Å². The molecule has 0 bridgehead atoms. The molecule has 2 aromatic rings. The minimum Gasteiger partial charge on any atom is -0.452 e. The summed E-state index contributed by atoms with van der Waals surface area (Å²) in [4.78, 5) is 25.1. The highest BCUT2D eigenvalue weighted by Gasteiger charge is 2.34. The number of rotatable bonds is 6. The minimum atomic E-state index is -3.61. The number of anilines is 1. The van der Waals surface area contributed by atoms with E-state index in [-0.39, 0.29) is 18.0 Å². The summed E-state index contributed by atoms with van der Waals surface area (Å²) in [5.41, 5.74) is 1.81. The van der Waals surface area contributed by atoms with Crippen LogP contribution >= 0.6 is 0 Å². The number of nitrogens with zero attached hydrogens (tertiary/aromatic N) is 2. The summed E-state index contributed by atoms with van der Waals surface area (Å²) in [5.74, 6) is -1.50. The summed E-state index contributed by atoms with van der Waals surface area (Å²) in [6.45, 7) is 3.77. The van der Waals surface area contributed by atoms with Crippen LogP contribution in [0.2, 0.25) is 0 Å². The van der Waals surface area contributed by atoms with Gasteiger partial charge in [0.1, 0.15) is 0 Å². The summed E-state index contributed by atoms with van der Waals surface area (Å²) in [6, 6.07) is 15.1. The molecule has 8 nitrogen and oxygen atoms in total. The second kappa shape index (κ2) is 9.94. The number of sulfonamides is 1. The molecule has 0 aliphatic carbocycles. The third kappa shape index (κ3) is 5.52. The highest BCUT2D eigenvalue weighted by Crippen LogP contribution is 2.25. The fourth-order valence-electron chi connectivity index (χ4n) is 3.43. The van der Waals surface area contributed by atoms with Gasteiger partial charge < -0.3 is 10.1 Å². The Morgan fingerprint density at radius 2 is 1.81 bits per heavy atom. The van der Waals surface area contributed by atoms with Crippen LogP contribution in [0.15, 0.2) is 53.4 Å². The van der Waals surface area contributed by atoms with E-state index in [0.717, 1.165) is 5.56 Å². The first-order chi connectivity index (χ1) is 15.2. The SMILES string of the molecule is Cc1ccc(S(=O)(=O)N2CCC(C(=O)O[C@H](C)C(=O)Nc3cccc(C#N)c3)CC2)cc1. The Morgan fingerprint density at radius 3 is 2.44 bits per heavy atom. The van der Waals surface area contributed by atoms with E-state index in [1.54, 1.807) is 42.5 Å². The number of aryl methyl sites for hydroxylation is 1. The molecular weight excluding hydrogens is 430 g/mol. The van der Waals surface area contributed by atoms with E-state index in [2.05, 4.69) is 5.32 Å². The molecule has 0 spiro atoms. The Hall–Kier alpha value is -3.22. The van der Waals surface area contributed by atoms with Crippen molar-refractivity contribution in [3.05, 3.63) is 59.7 Å². The lowest BCUT2D eigenvalue weighted by atomic mass is 9.98. The molecule has 3 rings (SSSR count). The van der Waals surface area contributed by atoms with E-state index < -0.39 is 33.9 Å². The Kier molecular flexibility index (Phi) is 7.28. The molecule has 1 aliphatic heterocycles. The zero-order valence-corrected chi connectivity index (χ0v) is 18.8. The van der Waals surface area contributed by atoms with Crippen LogP contribution in [0.3, 0.4) is 0 Å². The molecule has 0 unspecified atom stereocenters. The summed E-state index contributed by atoms with van der Waals surface area (Å²) in [5, 5.41) is 11.6. The molecule has 0 saturated carbocycles. The standard InChI is InChI=1S/C23H25N3O5S/c1-16-6-8-21(9-7-16)32(29,30)26-12-10-19(11-13-26)23(28)31-17(2)22(27)25-20-5-3-4-18(14-20)15-24/h3-9,14,17,19H,10-13H2,1-2H3,(H,25,27)/t17-/m1/s1. The second-order valence-electron chi connectivity index (χ2n) is 7.75. The highest BCUT2D eigenvalue weighted by atomic mass is 32.2. The Labute approximate surface area is 187 Å². The van der Waals surface area contributed by atoms with Gasteiger partial charge in [0.15, 0.2) is 6.10 Å². The zero-order chi connectivity index (χ0) is 23.3. The monoisotopic (exact) mass is 455 g/mol. The third-order valence-corrected chi connectivity index (χ3v) is 7.28. The van der Waals surface area contributed by atoms with Crippen molar-refractivity contribution in [1.82, 2.24) is 4.31 Å². The van der Waals surface area contributed by atoms with Crippen LogP contribution in [0.1, 0.15) is 30.9 Å². The van der Waals surface area contributed by atoms with Gasteiger partial charge in [-0.2, -0.15) is 9.57 Å². The maximum atomic E-state index is 12.8. The quantitative estimate of drug-likeness (QED) is 0.670. The number of hydrogen-bond donors (Lipinski definition) is 1. The number of amides is 1. The van der Waals surface area contributed by atoms with E-state index in [1.807, 2.05) is 13.0 Å². The lowest BCUT2D eigenvalue weighted by molar-refractivity contribution is -0.158. The molecule has 9 heteroatoms. The van der Waals surface area contributed by atoms with Crippen LogP contribution in [0.4, 0.5) is 5.69 Å². The molecule has 1 fully saturated rings. The Bertz CT molecular complexity index is 1130. The molecule has 1 amide bonds. The number of nitrogens with one attached hydrogen (secondary N) is 1. The molecule has 0 radical (unpaired) electrons. The van der Waals surface area contributed by atoms with Crippen LogP contribution in [-0.4, -0.2) is 43.8 Å². The number of ether oxygens (including phenoxy) is 1. The predicted molar refractivity (Wildman–Crippen MR) is 118 cm³/mol. The lowest BCUT2D eigenvalue weighted by Gasteiger charge is -2.30. The van der Waals surface area contributed by atoms with Gasteiger partial charge in [-0.3, -0.25) is 9.59 Å². The first-order valence-electron chi connectivity index (χ1n) is 10.3. The Morgan fingerprint density at radius 1 is 1.16 bits per heavy atom. The number of hydrogen-bond acceptors (Lipinski definition) is 6. The van der Waals surface area contributed by atoms with Gasteiger partial charge in [-0.25, -0.2) is 8.42 Å². The summed E-state index contributed by atoms with van der Waals surface area (Å²) >= 11 is 0. The van der Waals surface area contributed by atoms with Crippen molar-refractivity contribution in [2.45, 2.75) is 37.7 Å². The van der Waals surface area contributed by atoms with E-state index in [0.29, 0.717) is 24.1 Å². The smallest absolute Gasteiger partial charge is 0.309 e. The molecule has 1 atom stereocenters. The summed E-state index contributed by atoms with van der Waals surface area (Å²) in [7, 11) is -3.61. The van der Waals surface area contributed by atoms with Gasteiger partial charge in [0, 0.05) is 18.8 Å². The van der Waals surface area contributed by atoms with E-state index in [4.69, 9.17) is 10.00 Å². The van der Waals surface area contributed by atoms with Gasteiger partial charge in [-0.1, -0.05) is 23.8 Å². The summed E-state index contributed by atoms with van der Waals surface area (Å²) in [6.07, 6.45) is -0.382. The van der Waals surface area contributed by atoms with Crippen molar-refractivity contribution in [3.63, 3.8) is 0 Å². The fourth-order valence-corrected chi connectivity index (χ4v) is 4.90.